The topological polar surface area (TPSA) is 56.5 Å². The van der Waals surface area contributed by atoms with Crippen molar-refractivity contribution >= 4 is 5.69 Å². The summed E-state index contributed by atoms with van der Waals surface area (Å²) in [5.74, 6) is 1.55. The number of nitrogens with two attached hydrogens (primary N) is 1. The molecule has 0 bridgehead atoms. The lowest BCUT2D eigenvalue weighted by Crippen LogP contribution is -2.25. The fourth-order valence-corrected chi connectivity index (χ4v) is 1.48. The molecule has 0 spiro atoms. The summed E-state index contributed by atoms with van der Waals surface area (Å²) in [5, 5.41) is 3.30. The second-order valence-corrected chi connectivity index (χ2v) is 3.81. The largest absolute Gasteiger partial charge is 0.490 e. The average molecular weight is 238 g/mol. The van der Waals surface area contributed by atoms with Gasteiger partial charge in [0.15, 0.2) is 11.5 Å². The van der Waals surface area contributed by atoms with Crippen molar-refractivity contribution in [2.24, 2.45) is 5.73 Å². The van der Waals surface area contributed by atoms with Gasteiger partial charge in [-0.3, -0.25) is 0 Å². The molecule has 0 aliphatic rings. The Morgan fingerprint density at radius 2 is 1.82 bits per heavy atom. The van der Waals surface area contributed by atoms with Crippen LogP contribution in [0.3, 0.4) is 0 Å². The Morgan fingerprint density at radius 3 is 2.41 bits per heavy atom. The molecule has 1 aromatic carbocycles. The van der Waals surface area contributed by atoms with Gasteiger partial charge in [0.2, 0.25) is 0 Å². The molecule has 1 rings (SSSR count). The number of nitrogens with one attached hydrogen (secondary N) is 1. The fraction of sp³-hybridized carbons (Fsp3) is 0.538. The highest BCUT2D eigenvalue weighted by atomic mass is 16.5. The molecular formula is C13H22N2O2. The van der Waals surface area contributed by atoms with Crippen molar-refractivity contribution in [2.45, 2.75) is 26.8 Å². The Kier molecular flexibility index (Phi) is 5.63. The van der Waals surface area contributed by atoms with E-state index < -0.39 is 0 Å². The van der Waals surface area contributed by atoms with E-state index in [9.17, 15) is 0 Å². The van der Waals surface area contributed by atoms with Crippen molar-refractivity contribution in [1.82, 2.24) is 0 Å². The Hall–Kier alpha value is -1.42. The molecule has 0 aliphatic heterocycles. The van der Waals surface area contributed by atoms with Crippen molar-refractivity contribution in [1.29, 1.82) is 0 Å². The van der Waals surface area contributed by atoms with Gasteiger partial charge in [0.05, 0.1) is 13.2 Å². The Morgan fingerprint density at radius 1 is 1.18 bits per heavy atom. The molecule has 0 amide bonds. The van der Waals surface area contributed by atoms with E-state index in [0.717, 1.165) is 17.2 Å². The number of benzene rings is 1. The summed E-state index contributed by atoms with van der Waals surface area (Å²) in [6, 6.07) is 6.07. The van der Waals surface area contributed by atoms with Crippen molar-refractivity contribution in [3.8, 4) is 11.5 Å². The van der Waals surface area contributed by atoms with Crippen LogP contribution in [0.4, 0.5) is 5.69 Å². The molecular weight excluding hydrogens is 216 g/mol. The zero-order valence-corrected chi connectivity index (χ0v) is 10.8. The Bertz CT molecular complexity index is 342. The number of ether oxygens (including phenoxy) is 2. The summed E-state index contributed by atoms with van der Waals surface area (Å²) in [6.45, 7) is 7.80. The molecule has 1 unspecified atom stereocenters. The highest BCUT2D eigenvalue weighted by Crippen LogP contribution is 2.30. The molecule has 4 heteroatoms. The fourth-order valence-electron chi connectivity index (χ4n) is 1.48. The maximum Gasteiger partial charge on any atom is 0.163 e. The molecule has 3 N–H and O–H groups in total. The summed E-state index contributed by atoms with van der Waals surface area (Å²) in [5.41, 5.74) is 6.57. The summed E-state index contributed by atoms with van der Waals surface area (Å²) in [7, 11) is 0. The lowest BCUT2D eigenvalue weighted by atomic mass is 10.2. The highest BCUT2D eigenvalue weighted by molar-refractivity contribution is 5.55. The maximum atomic E-state index is 5.58. The third-order valence-electron chi connectivity index (χ3n) is 2.31. The number of anilines is 1. The molecule has 0 saturated carbocycles. The van der Waals surface area contributed by atoms with Crippen LogP contribution in [0.15, 0.2) is 18.2 Å². The third-order valence-corrected chi connectivity index (χ3v) is 2.31. The molecule has 96 valence electrons. The predicted molar refractivity (Wildman–Crippen MR) is 70.9 cm³/mol. The van der Waals surface area contributed by atoms with Gasteiger partial charge in [-0.2, -0.15) is 0 Å². The van der Waals surface area contributed by atoms with E-state index in [4.69, 9.17) is 15.2 Å². The van der Waals surface area contributed by atoms with Crippen LogP contribution in [0.5, 0.6) is 11.5 Å². The summed E-state index contributed by atoms with van der Waals surface area (Å²) in [6.07, 6.45) is 0. The first-order valence-electron chi connectivity index (χ1n) is 6.07. The molecule has 0 fully saturated rings. The van der Waals surface area contributed by atoms with Crippen LogP contribution in [0.25, 0.3) is 0 Å². The SMILES string of the molecule is CCOc1ccc(NC(C)CN)cc1OCC. The van der Waals surface area contributed by atoms with Crippen LogP contribution >= 0.6 is 0 Å². The zero-order chi connectivity index (χ0) is 12.7. The van der Waals surface area contributed by atoms with Gasteiger partial charge in [-0.05, 0) is 32.9 Å². The number of rotatable bonds is 7. The van der Waals surface area contributed by atoms with Gasteiger partial charge in [-0.1, -0.05) is 0 Å². The van der Waals surface area contributed by atoms with Crippen LogP contribution in [0, 0.1) is 0 Å². The molecule has 17 heavy (non-hydrogen) atoms. The first-order valence-corrected chi connectivity index (χ1v) is 6.07. The Labute approximate surface area is 103 Å². The number of hydrogen-bond donors (Lipinski definition) is 2. The van der Waals surface area contributed by atoms with E-state index in [2.05, 4.69) is 5.32 Å². The van der Waals surface area contributed by atoms with E-state index in [1.165, 1.54) is 0 Å². The lowest BCUT2D eigenvalue weighted by molar-refractivity contribution is 0.288. The van der Waals surface area contributed by atoms with Gasteiger partial charge in [0, 0.05) is 24.3 Å². The quantitative estimate of drug-likeness (QED) is 0.765. The lowest BCUT2D eigenvalue weighted by Gasteiger charge is -2.16. The van der Waals surface area contributed by atoms with Crippen LogP contribution in [0.1, 0.15) is 20.8 Å². The van der Waals surface area contributed by atoms with Gasteiger partial charge in [-0.25, -0.2) is 0 Å². The minimum Gasteiger partial charge on any atom is -0.490 e. The van der Waals surface area contributed by atoms with Crippen LogP contribution in [-0.2, 0) is 0 Å². The molecule has 0 aliphatic carbocycles. The minimum atomic E-state index is 0.238. The highest BCUT2D eigenvalue weighted by Gasteiger charge is 2.07. The monoisotopic (exact) mass is 238 g/mol. The van der Waals surface area contributed by atoms with Crippen molar-refractivity contribution in [3.63, 3.8) is 0 Å². The van der Waals surface area contributed by atoms with Gasteiger partial charge < -0.3 is 20.5 Å². The van der Waals surface area contributed by atoms with Crippen molar-refractivity contribution in [2.75, 3.05) is 25.1 Å². The van der Waals surface area contributed by atoms with Gasteiger partial charge in [-0.15, -0.1) is 0 Å². The van der Waals surface area contributed by atoms with Crippen LogP contribution in [-0.4, -0.2) is 25.8 Å². The number of hydrogen-bond acceptors (Lipinski definition) is 4. The van der Waals surface area contributed by atoms with Crippen molar-refractivity contribution in [3.05, 3.63) is 18.2 Å². The third kappa shape index (κ3) is 4.15. The second-order valence-electron chi connectivity index (χ2n) is 3.81. The molecule has 1 atom stereocenters. The summed E-state index contributed by atoms with van der Waals surface area (Å²) in [4.78, 5) is 0. The van der Waals surface area contributed by atoms with E-state index >= 15 is 0 Å². The zero-order valence-electron chi connectivity index (χ0n) is 10.8. The normalized spacial score (nSPS) is 12.0. The van der Waals surface area contributed by atoms with Crippen molar-refractivity contribution < 1.29 is 9.47 Å². The standard InChI is InChI=1S/C13H22N2O2/c1-4-16-12-7-6-11(15-10(3)9-14)8-13(12)17-5-2/h6-8,10,15H,4-5,9,14H2,1-3H3. The smallest absolute Gasteiger partial charge is 0.163 e. The van der Waals surface area contributed by atoms with Crippen LogP contribution < -0.4 is 20.5 Å². The van der Waals surface area contributed by atoms with Gasteiger partial charge >= 0.3 is 0 Å². The summed E-state index contributed by atoms with van der Waals surface area (Å²) >= 11 is 0. The second kappa shape index (κ2) is 7.01. The van der Waals surface area contributed by atoms with E-state index in [1.807, 2.05) is 39.0 Å². The maximum absolute atomic E-state index is 5.58. The molecule has 0 radical (unpaired) electrons. The first kappa shape index (κ1) is 13.6. The average Bonchev–Trinajstić information content (AvgIpc) is 2.33. The van der Waals surface area contributed by atoms with Gasteiger partial charge in [0.1, 0.15) is 0 Å². The van der Waals surface area contributed by atoms with Gasteiger partial charge in [0.25, 0.3) is 0 Å². The Balaban J connectivity index is 2.84. The van der Waals surface area contributed by atoms with E-state index in [-0.39, 0.29) is 6.04 Å². The predicted octanol–water partition coefficient (Wildman–Crippen LogP) is 2.24. The molecule has 0 aromatic heterocycles. The van der Waals surface area contributed by atoms with E-state index in [0.29, 0.717) is 19.8 Å². The molecule has 0 saturated heterocycles. The molecule has 1 aromatic rings. The summed E-state index contributed by atoms with van der Waals surface area (Å²) < 4.78 is 11.0. The molecule has 0 heterocycles. The minimum absolute atomic E-state index is 0.238. The first-order chi connectivity index (χ1) is 8.21. The van der Waals surface area contributed by atoms with E-state index in [1.54, 1.807) is 0 Å². The molecule has 4 nitrogen and oxygen atoms in total. The van der Waals surface area contributed by atoms with Crippen LogP contribution in [0.2, 0.25) is 0 Å².